The molecule has 0 spiro atoms. The van der Waals surface area contributed by atoms with Crippen LogP contribution in [0.1, 0.15) is 48.9 Å². The van der Waals surface area contributed by atoms with Crippen molar-refractivity contribution in [2.75, 3.05) is 19.8 Å². The van der Waals surface area contributed by atoms with Gasteiger partial charge in [0.05, 0.1) is 26.2 Å². The number of pyridine rings is 1. The van der Waals surface area contributed by atoms with Crippen LogP contribution in [0.2, 0.25) is 0 Å². The molecule has 1 aromatic rings. The molecule has 1 amide bonds. The molecule has 0 radical (unpaired) electrons. The van der Waals surface area contributed by atoms with E-state index >= 15 is 0 Å². The molecule has 170 valence electrons. The van der Waals surface area contributed by atoms with Crippen LogP contribution < -0.4 is 10.0 Å². The van der Waals surface area contributed by atoms with Gasteiger partial charge in [-0.1, -0.05) is 0 Å². The number of nitrogens with one attached hydrogen (secondary N) is 1. The van der Waals surface area contributed by atoms with E-state index < -0.39 is 11.7 Å². The number of aromatic nitrogens is 1. The molecule has 3 unspecified atom stereocenters. The maximum absolute atomic E-state index is 13.1. The van der Waals surface area contributed by atoms with Gasteiger partial charge in [0, 0.05) is 34.8 Å². The molecule has 9 heteroatoms. The molecule has 4 atom stereocenters. The summed E-state index contributed by atoms with van der Waals surface area (Å²) in [6.07, 6.45) is 1.45. The van der Waals surface area contributed by atoms with Gasteiger partial charge in [0.25, 0.3) is 0 Å². The highest BCUT2D eigenvalue weighted by Gasteiger charge is 2.43. The minimum atomic E-state index is -4.54. The first-order valence-electron chi connectivity index (χ1n) is 11.3. The number of halogens is 3. The number of rotatable bonds is 3. The first-order chi connectivity index (χ1) is 14.8. The number of ether oxygens (including phenoxy) is 1. The maximum atomic E-state index is 13.1. The fourth-order valence-electron chi connectivity index (χ4n) is 6.02. The third-order valence-corrected chi connectivity index (χ3v) is 7.65. The first kappa shape index (κ1) is 21.0. The van der Waals surface area contributed by atoms with Crippen LogP contribution in [-0.4, -0.2) is 47.9 Å². The van der Waals surface area contributed by atoms with E-state index in [1.165, 1.54) is 12.8 Å². The number of nitrogens with zero attached hydrogens (tertiary/aromatic N) is 2. The second-order valence-electron chi connectivity index (χ2n) is 9.59. The molecule has 3 fully saturated rings. The van der Waals surface area contributed by atoms with E-state index in [2.05, 4.69) is 5.32 Å². The number of hydrogen-bond acceptors (Lipinski definition) is 4. The summed E-state index contributed by atoms with van der Waals surface area (Å²) in [6, 6.07) is 1.85. The zero-order valence-corrected chi connectivity index (χ0v) is 17.4. The summed E-state index contributed by atoms with van der Waals surface area (Å²) < 4.78 is 45.6. The van der Waals surface area contributed by atoms with Gasteiger partial charge < -0.3 is 15.0 Å². The fraction of sp³-hybridized carbons (Fsp3) is 0.727. The van der Waals surface area contributed by atoms with Gasteiger partial charge in [-0.15, -0.1) is 0 Å². The van der Waals surface area contributed by atoms with E-state index in [0.29, 0.717) is 59.1 Å². The van der Waals surface area contributed by atoms with Crippen LogP contribution in [0.5, 0.6) is 0 Å². The predicted molar refractivity (Wildman–Crippen MR) is 103 cm³/mol. The largest absolute Gasteiger partial charge is 0.422 e. The van der Waals surface area contributed by atoms with Crippen molar-refractivity contribution < 1.29 is 32.6 Å². The lowest BCUT2D eigenvalue weighted by Crippen LogP contribution is -2.48. The van der Waals surface area contributed by atoms with E-state index in [-0.39, 0.29) is 18.4 Å². The summed E-state index contributed by atoms with van der Waals surface area (Å²) in [7, 11) is 0. The highest BCUT2D eigenvalue weighted by molar-refractivity contribution is 5.79. The quantitative estimate of drug-likeness (QED) is 0.559. The fourth-order valence-corrected chi connectivity index (χ4v) is 6.02. The topological polar surface area (TPSA) is 65.7 Å². The molecule has 5 rings (SSSR count). The summed E-state index contributed by atoms with van der Waals surface area (Å²) in [5, 5.41) is 13.8. The zero-order chi connectivity index (χ0) is 21.8. The van der Waals surface area contributed by atoms with Crippen molar-refractivity contribution in [3.63, 3.8) is 0 Å². The van der Waals surface area contributed by atoms with E-state index in [1.807, 2.05) is 0 Å². The molecule has 1 aromatic heterocycles. The monoisotopic (exact) mass is 440 g/mol. The lowest BCUT2D eigenvalue weighted by molar-refractivity contribution is -0.910. The Labute approximate surface area is 179 Å². The molecular weight excluding hydrogens is 411 g/mol. The lowest BCUT2D eigenvalue weighted by Gasteiger charge is -2.33. The van der Waals surface area contributed by atoms with Crippen LogP contribution in [0.15, 0.2) is 12.3 Å². The normalized spacial score (nSPS) is 32.9. The average molecular weight is 440 g/mol. The summed E-state index contributed by atoms with van der Waals surface area (Å²) in [4.78, 5) is 14.8. The smallest absolute Gasteiger partial charge is 0.381 e. The Kier molecular flexibility index (Phi) is 5.37. The maximum Gasteiger partial charge on any atom is 0.422 e. The molecule has 1 saturated heterocycles. The van der Waals surface area contributed by atoms with E-state index in [0.717, 1.165) is 38.5 Å². The first-order valence-corrected chi connectivity index (χ1v) is 11.3. The van der Waals surface area contributed by atoms with Gasteiger partial charge >= 0.3 is 6.18 Å². The highest BCUT2D eigenvalue weighted by atomic mass is 19.4. The number of carbonyl (C=O) groups excluding carboxylic acids is 1. The molecule has 31 heavy (non-hydrogen) atoms. The molecule has 2 aliphatic carbocycles. The van der Waals surface area contributed by atoms with E-state index in [9.17, 15) is 23.2 Å². The molecule has 6 nitrogen and oxygen atoms in total. The number of amides is 1. The third kappa shape index (κ3) is 4.02. The molecule has 2 bridgehead atoms. The summed E-state index contributed by atoms with van der Waals surface area (Å²) in [5.74, 6) is 1.07. The standard InChI is InChI=1S/C22H29F3N3O3/c23-22(24,25)17-7-16-9-27(6-5-19(16)28(30)10-17)21(29)13-3-4-18(8-13)26-20-14-1-2-15(20)12-31-11-14/h7,10,13-15,18,20,26,30H,1-6,8-9,11-12H2/q+1/t13-,14?,15?,18?,20?/m0/s1. The Morgan fingerprint density at radius 2 is 1.94 bits per heavy atom. The van der Waals surface area contributed by atoms with Gasteiger partial charge in [-0.05, 0) is 50.0 Å². The van der Waals surface area contributed by atoms with Crippen molar-refractivity contribution in [2.24, 2.45) is 17.8 Å². The van der Waals surface area contributed by atoms with Crippen LogP contribution in [0.25, 0.3) is 0 Å². The lowest BCUT2D eigenvalue weighted by atomic mass is 9.95. The van der Waals surface area contributed by atoms with Crippen LogP contribution in [0.3, 0.4) is 0 Å². The van der Waals surface area contributed by atoms with Crippen LogP contribution >= 0.6 is 0 Å². The van der Waals surface area contributed by atoms with E-state index in [4.69, 9.17) is 4.74 Å². The van der Waals surface area contributed by atoms with Gasteiger partial charge in [-0.3, -0.25) is 10.0 Å². The molecule has 0 aromatic carbocycles. The number of alkyl halides is 3. The van der Waals surface area contributed by atoms with Crippen LogP contribution in [-0.2, 0) is 28.7 Å². The van der Waals surface area contributed by atoms with Crippen molar-refractivity contribution in [1.82, 2.24) is 10.2 Å². The second kappa shape index (κ2) is 7.92. The number of carbonyl (C=O) groups is 1. The predicted octanol–water partition coefficient (Wildman–Crippen LogP) is 2.30. The highest BCUT2D eigenvalue weighted by Crippen LogP contribution is 2.38. The molecule has 2 saturated carbocycles. The number of hydrogen-bond donors (Lipinski definition) is 2. The minimum Gasteiger partial charge on any atom is -0.381 e. The number of fused-ring (bicyclic) bond motifs is 3. The van der Waals surface area contributed by atoms with Gasteiger partial charge in [-0.25, -0.2) is 0 Å². The van der Waals surface area contributed by atoms with Crippen molar-refractivity contribution >= 4 is 5.91 Å². The minimum absolute atomic E-state index is 0.0202. The molecular formula is C22H29F3N3O3+. The van der Waals surface area contributed by atoms with Gasteiger partial charge in [0.1, 0.15) is 5.56 Å². The van der Waals surface area contributed by atoms with Crippen molar-refractivity contribution in [2.45, 2.75) is 63.3 Å². The van der Waals surface area contributed by atoms with Crippen molar-refractivity contribution in [3.05, 3.63) is 29.1 Å². The Morgan fingerprint density at radius 1 is 1.19 bits per heavy atom. The molecule has 2 aliphatic heterocycles. The summed E-state index contributed by atoms with van der Waals surface area (Å²) >= 11 is 0. The summed E-state index contributed by atoms with van der Waals surface area (Å²) in [5.41, 5.74) is -0.0966. The van der Waals surface area contributed by atoms with Gasteiger partial charge in [-0.2, -0.15) is 13.2 Å². The summed E-state index contributed by atoms with van der Waals surface area (Å²) in [6.45, 7) is 2.16. The average Bonchev–Trinajstić information content (AvgIpc) is 3.27. The van der Waals surface area contributed by atoms with E-state index in [1.54, 1.807) is 4.90 Å². The third-order valence-electron chi connectivity index (χ3n) is 7.65. The van der Waals surface area contributed by atoms with Crippen molar-refractivity contribution in [1.29, 1.82) is 0 Å². The zero-order valence-electron chi connectivity index (χ0n) is 17.4. The molecule has 2 N–H and O–H groups in total. The van der Waals surface area contributed by atoms with Crippen molar-refractivity contribution in [3.8, 4) is 0 Å². The Balaban J connectivity index is 1.22. The Morgan fingerprint density at radius 3 is 2.65 bits per heavy atom. The molecule has 4 aliphatic rings. The van der Waals surface area contributed by atoms with Gasteiger partial charge in [0.2, 0.25) is 17.8 Å². The Bertz CT molecular complexity index is 846. The SMILES string of the molecule is O=C([C@H]1CCC(NC2C3CCC2COC3)C1)N1CCc2c(cc(C(F)(F)F)c[n+]2O)C1. The second-order valence-corrected chi connectivity index (χ2v) is 9.59. The molecule has 3 heterocycles. The van der Waals surface area contributed by atoms with Gasteiger partial charge in [0.15, 0.2) is 0 Å². The Hall–Kier alpha value is -1.87. The van der Waals surface area contributed by atoms with Crippen LogP contribution in [0, 0.1) is 17.8 Å². The van der Waals surface area contributed by atoms with Crippen LogP contribution in [0.4, 0.5) is 13.2 Å².